The Balaban J connectivity index is 2.19. The minimum atomic E-state index is -1.10. The summed E-state index contributed by atoms with van der Waals surface area (Å²) in [5, 5.41) is 28.4. The predicted molar refractivity (Wildman–Crippen MR) is 71.9 cm³/mol. The summed E-state index contributed by atoms with van der Waals surface area (Å²) in [6, 6.07) is 0. The Morgan fingerprint density at radius 2 is 2.00 bits per heavy atom. The van der Waals surface area contributed by atoms with E-state index < -0.39 is 24.4 Å². The van der Waals surface area contributed by atoms with Crippen molar-refractivity contribution in [2.75, 3.05) is 19.8 Å². The molecule has 0 saturated carbocycles. The zero-order valence-corrected chi connectivity index (χ0v) is 11.6. The van der Waals surface area contributed by atoms with Crippen molar-refractivity contribution in [2.45, 2.75) is 57.0 Å². The van der Waals surface area contributed by atoms with Crippen LogP contribution in [0.5, 0.6) is 0 Å². The van der Waals surface area contributed by atoms with Crippen LogP contribution in [0.15, 0.2) is 12.2 Å². The van der Waals surface area contributed by atoms with E-state index in [-0.39, 0.29) is 13.2 Å². The van der Waals surface area contributed by atoms with Crippen LogP contribution in [0.1, 0.15) is 32.6 Å². The van der Waals surface area contributed by atoms with E-state index in [1.165, 1.54) is 19.3 Å². The van der Waals surface area contributed by atoms with Crippen LogP contribution in [0, 0.1) is 0 Å². The smallest absolute Gasteiger partial charge is 0.111 e. The first-order chi connectivity index (χ1) is 9.20. The number of rotatable bonds is 8. The summed E-state index contributed by atoms with van der Waals surface area (Å²) in [7, 11) is 0. The van der Waals surface area contributed by atoms with Gasteiger partial charge in [0.1, 0.15) is 24.4 Å². The van der Waals surface area contributed by atoms with E-state index >= 15 is 0 Å². The third-order valence-electron chi connectivity index (χ3n) is 3.31. The van der Waals surface area contributed by atoms with Gasteiger partial charge in [0.15, 0.2) is 0 Å². The fourth-order valence-electron chi connectivity index (χ4n) is 2.04. The molecule has 0 unspecified atom stereocenters. The highest BCUT2D eigenvalue weighted by Gasteiger charge is 2.38. The molecule has 1 saturated heterocycles. The minimum Gasteiger partial charge on any atom is -0.394 e. The van der Waals surface area contributed by atoms with Crippen LogP contribution >= 0.6 is 0 Å². The lowest BCUT2D eigenvalue weighted by Crippen LogP contribution is -2.54. The molecular weight excluding hydrogens is 248 g/mol. The summed E-state index contributed by atoms with van der Waals surface area (Å²) in [6.45, 7) is 2.45. The third kappa shape index (κ3) is 5.58. The molecule has 1 fully saturated rings. The molecule has 1 heterocycles. The van der Waals surface area contributed by atoms with E-state index in [2.05, 4.69) is 13.0 Å². The fraction of sp³-hybridized carbons (Fsp3) is 0.857. The Hall–Kier alpha value is -0.460. The van der Waals surface area contributed by atoms with Gasteiger partial charge in [-0.05, 0) is 12.8 Å². The van der Waals surface area contributed by atoms with E-state index in [1.807, 2.05) is 6.08 Å². The van der Waals surface area contributed by atoms with Crippen molar-refractivity contribution in [1.82, 2.24) is 0 Å². The molecule has 0 aromatic rings. The Morgan fingerprint density at radius 3 is 2.68 bits per heavy atom. The van der Waals surface area contributed by atoms with Crippen molar-refractivity contribution in [1.29, 1.82) is 0 Å². The highest BCUT2D eigenvalue weighted by molar-refractivity contribution is 4.88. The second-order valence-corrected chi connectivity index (χ2v) is 4.87. The van der Waals surface area contributed by atoms with Gasteiger partial charge < -0.3 is 24.8 Å². The van der Waals surface area contributed by atoms with Crippen molar-refractivity contribution in [2.24, 2.45) is 0 Å². The molecule has 0 radical (unpaired) electrons. The summed E-state index contributed by atoms with van der Waals surface area (Å²) >= 11 is 0. The molecule has 1 aliphatic rings. The molecule has 1 aliphatic heterocycles. The highest BCUT2D eigenvalue weighted by Crippen LogP contribution is 2.17. The Morgan fingerprint density at radius 1 is 1.21 bits per heavy atom. The van der Waals surface area contributed by atoms with Crippen molar-refractivity contribution in [3.8, 4) is 0 Å². The zero-order chi connectivity index (χ0) is 14.1. The van der Waals surface area contributed by atoms with Gasteiger partial charge in [0.2, 0.25) is 0 Å². The predicted octanol–water partition coefficient (Wildman–Crippen LogP) is 0.621. The van der Waals surface area contributed by atoms with Gasteiger partial charge in [-0.15, -0.1) is 0 Å². The number of unbranched alkanes of at least 4 members (excludes halogenated alkanes) is 3. The molecule has 0 aromatic carbocycles. The van der Waals surface area contributed by atoms with Gasteiger partial charge in [0.25, 0.3) is 0 Å². The molecule has 0 aromatic heterocycles. The second-order valence-electron chi connectivity index (χ2n) is 4.87. The minimum absolute atomic E-state index is 0.188. The van der Waals surface area contributed by atoms with Crippen LogP contribution in [0.2, 0.25) is 0 Å². The molecular formula is C14H26O5. The average Bonchev–Trinajstić information content (AvgIpc) is 2.42. The SMILES string of the molecule is CCCCC/C=C/CO[C@@H]1CO[C@@H](CO)[C@H](O)[C@H]1O. The molecule has 0 amide bonds. The molecule has 0 aliphatic carbocycles. The number of allylic oxidation sites excluding steroid dienone is 1. The van der Waals surface area contributed by atoms with Crippen molar-refractivity contribution in [3.63, 3.8) is 0 Å². The molecule has 19 heavy (non-hydrogen) atoms. The fourth-order valence-corrected chi connectivity index (χ4v) is 2.04. The first-order valence-corrected chi connectivity index (χ1v) is 7.05. The van der Waals surface area contributed by atoms with Crippen molar-refractivity contribution < 1.29 is 24.8 Å². The average molecular weight is 274 g/mol. The number of ether oxygens (including phenoxy) is 2. The lowest BCUT2D eigenvalue weighted by molar-refractivity contribution is -0.205. The van der Waals surface area contributed by atoms with Gasteiger partial charge in [0, 0.05) is 0 Å². The maximum Gasteiger partial charge on any atom is 0.111 e. The summed E-state index contributed by atoms with van der Waals surface area (Å²) in [5.41, 5.74) is 0. The molecule has 112 valence electrons. The lowest BCUT2D eigenvalue weighted by atomic mass is 10.0. The van der Waals surface area contributed by atoms with E-state index in [0.29, 0.717) is 6.61 Å². The van der Waals surface area contributed by atoms with E-state index in [9.17, 15) is 10.2 Å². The maximum absolute atomic E-state index is 9.82. The molecule has 1 rings (SSSR count). The number of aliphatic hydroxyl groups excluding tert-OH is 3. The summed E-state index contributed by atoms with van der Waals surface area (Å²) in [4.78, 5) is 0. The normalized spacial score (nSPS) is 32.0. The number of hydrogen-bond acceptors (Lipinski definition) is 5. The van der Waals surface area contributed by atoms with Gasteiger partial charge in [-0.2, -0.15) is 0 Å². The van der Waals surface area contributed by atoms with Crippen LogP contribution in [-0.2, 0) is 9.47 Å². The molecule has 5 heteroatoms. The lowest BCUT2D eigenvalue weighted by Gasteiger charge is -2.36. The van der Waals surface area contributed by atoms with Crippen molar-refractivity contribution in [3.05, 3.63) is 12.2 Å². The molecule has 3 N–H and O–H groups in total. The summed E-state index contributed by atoms with van der Waals surface area (Å²) < 4.78 is 10.7. The number of aliphatic hydroxyl groups is 3. The van der Waals surface area contributed by atoms with Crippen LogP contribution in [0.4, 0.5) is 0 Å². The quantitative estimate of drug-likeness (QED) is 0.447. The molecule has 4 atom stereocenters. The van der Waals surface area contributed by atoms with Crippen LogP contribution in [0.3, 0.4) is 0 Å². The standard InChI is InChI=1S/C14H26O5/c1-2-3-4-5-6-7-8-18-12-10-19-11(9-15)13(16)14(12)17/h6-7,11-17H,2-5,8-10H2,1H3/b7-6+/t11-,12+,13-,14-/m0/s1. The van der Waals surface area contributed by atoms with Crippen LogP contribution in [-0.4, -0.2) is 59.6 Å². The monoisotopic (exact) mass is 274 g/mol. The first-order valence-electron chi connectivity index (χ1n) is 7.05. The van der Waals surface area contributed by atoms with E-state index in [1.54, 1.807) is 0 Å². The van der Waals surface area contributed by atoms with Gasteiger partial charge >= 0.3 is 0 Å². The summed E-state index contributed by atoms with van der Waals surface area (Å²) in [5.74, 6) is 0. The Labute approximate surface area is 114 Å². The van der Waals surface area contributed by atoms with Gasteiger partial charge in [-0.1, -0.05) is 31.9 Å². The van der Waals surface area contributed by atoms with Crippen molar-refractivity contribution >= 4 is 0 Å². The first kappa shape index (κ1) is 16.6. The van der Waals surface area contributed by atoms with Gasteiger partial charge in [-0.3, -0.25) is 0 Å². The van der Waals surface area contributed by atoms with Gasteiger partial charge in [0.05, 0.1) is 19.8 Å². The third-order valence-corrected chi connectivity index (χ3v) is 3.31. The van der Waals surface area contributed by atoms with Gasteiger partial charge in [-0.25, -0.2) is 0 Å². The zero-order valence-electron chi connectivity index (χ0n) is 11.6. The topological polar surface area (TPSA) is 79.2 Å². The van der Waals surface area contributed by atoms with E-state index in [4.69, 9.17) is 14.6 Å². The Bertz CT molecular complexity index is 256. The second kappa shape index (κ2) is 9.44. The largest absolute Gasteiger partial charge is 0.394 e. The van der Waals surface area contributed by atoms with E-state index in [0.717, 1.165) is 6.42 Å². The number of hydrogen-bond donors (Lipinski definition) is 3. The van der Waals surface area contributed by atoms with Crippen LogP contribution in [0.25, 0.3) is 0 Å². The molecule has 0 bridgehead atoms. The van der Waals surface area contributed by atoms with Crippen LogP contribution < -0.4 is 0 Å². The Kier molecular flexibility index (Phi) is 8.25. The molecule has 0 spiro atoms. The maximum atomic E-state index is 9.82. The highest BCUT2D eigenvalue weighted by atomic mass is 16.6. The molecule has 5 nitrogen and oxygen atoms in total. The summed E-state index contributed by atoms with van der Waals surface area (Å²) in [6.07, 6.45) is 5.27.